The number of aryl methyl sites for hydroxylation is 3. The predicted octanol–water partition coefficient (Wildman–Crippen LogP) is 5.04. The summed E-state index contributed by atoms with van der Waals surface area (Å²) in [5.41, 5.74) is 7.09. The fourth-order valence-electron chi connectivity index (χ4n) is 7.70. The first-order valence-electron chi connectivity index (χ1n) is 17.4. The van der Waals surface area contributed by atoms with Crippen molar-refractivity contribution in [3.63, 3.8) is 0 Å². The van der Waals surface area contributed by atoms with Gasteiger partial charge in [-0.25, -0.2) is 4.98 Å². The first-order chi connectivity index (χ1) is 23.8. The van der Waals surface area contributed by atoms with Crippen LogP contribution in [0.2, 0.25) is 0 Å². The summed E-state index contributed by atoms with van der Waals surface area (Å²) in [5, 5.41) is 3.77. The molecule has 6 heterocycles. The minimum absolute atomic E-state index is 0.0453. The maximum absolute atomic E-state index is 12.8. The van der Waals surface area contributed by atoms with E-state index >= 15 is 0 Å². The van der Waals surface area contributed by atoms with Crippen LogP contribution < -0.4 is 15.4 Å². The number of hydrogen-bond donors (Lipinski definition) is 1. The van der Waals surface area contributed by atoms with Crippen LogP contribution in [0.5, 0.6) is 6.01 Å². The second-order valence-electron chi connectivity index (χ2n) is 14.1. The Balaban J connectivity index is 0.000000306. The monoisotopic (exact) mass is 697 g/mol. The summed E-state index contributed by atoms with van der Waals surface area (Å²) in [7, 11) is 2.11. The zero-order valence-corrected chi connectivity index (χ0v) is 29.2. The summed E-state index contributed by atoms with van der Waals surface area (Å²) >= 11 is 0. The van der Waals surface area contributed by atoms with E-state index in [1.807, 2.05) is 4.90 Å². The molecule has 1 aliphatic carbocycles. The molecule has 3 fully saturated rings. The molecule has 3 aliphatic heterocycles. The van der Waals surface area contributed by atoms with Crippen LogP contribution in [0, 0.1) is 19.8 Å². The molecule has 2 atom stereocenters. The van der Waals surface area contributed by atoms with Gasteiger partial charge in [-0.2, -0.15) is 28.1 Å². The Morgan fingerprint density at radius 3 is 2.60 bits per heavy atom. The van der Waals surface area contributed by atoms with Crippen LogP contribution in [0.4, 0.5) is 24.8 Å². The summed E-state index contributed by atoms with van der Waals surface area (Å²) in [6.07, 6.45) is 8.38. The van der Waals surface area contributed by atoms with E-state index in [0.29, 0.717) is 43.3 Å². The van der Waals surface area contributed by atoms with Gasteiger partial charge in [-0.3, -0.25) is 9.69 Å². The molecule has 50 heavy (non-hydrogen) atoms. The second kappa shape index (κ2) is 14.5. The third kappa shape index (κ3) is 7.87. The van der Waals surface area contributed by atoms with E-state index in [1.165, 1.54) is 63.4 Å². The standard InChI is InChI=1S/C28H39N7O3.C7H7F3N2/c1-19-6-7-23-22(16-19)26(31-27(30-23)37-18-28-11-4-13-35(28)14-5-12-28)33(3)21-10-15-34(17-21)25(36)9-8-24-29-20(2)32-38-24;1-4-2-6(11)12-3-5(4)7(8,9)10/h8-9,19,21H,4-7,10-18H2,1-3H3;2-3H,1H3,(H2,11,12)/b9-8+;. The average Bonchev–Trinajstić information content (AvgIpc) is 3.87. The number of ether oxygens (including phenoxy) is 1. The molecule has 2 N–H and O–H groups in total. The molecule has 0 spiro atoms. The van der Waals surface area contributed by atoms with Gasteiger partial charge in [0, 0.05) is 50.1 Å². The van der Waals surface area contributed by atoms with Gasteiger partial charge in [0.25, 0.3) is 5.89 Å². The number of pyridine rings is 1. The largest absolute Gasteiger partial charge is 0.461 e. The second-order valence-corrected chi connectivity index (χ2v) is 14.1. The smallest absolute Gasteiger partial charge is 0.418 e. The van der Waals surface area contributed by atoms with Gasteiger partial charge in [0.1, 0.15) is 18.2 Å². The van der Waals surface area contributed by atoms with E-state index in [1.54, 1.807) is 13.0 Å². The number of anilines is 2. The maximum atomic E-state index is 12.8. The van der Waals surface area contributed by atoms with Crippen molar-refractivity contribution in [3.05, 3.63) is 52.4 Å². The normalized spacial score (nSPS) is 21.5. The summed E-state index contributed by atoms with van der Waals surface area (Å²) in [4.78, 5) is 37.0. The van der Waals surface area contributed by atoms with Gasteiger partial charge < -0.3 is 24.8 Å². The molecule has 3 saturated heterocycles. The van der Waals surface area contributed by atoms with Gasteiger partial charge in [-0.1, -0.05) is 12.1 Å². The summed E-state index contributed by atoms with van der Waals surface area (Å²) in [5.74, 6) is 2.52. The number of halogens is 3. The Bertz CT molecular complexity index is 1700. The van der Waals surface area contributed by atoms with Gasteiger partial charge in [0.05, 0.1) is 16.8 Å². The Kier molecular flexibility index (Phi) is 10.3. The number of nitrogens with zero attached hydrogens (tertiary/aromatic N) is 8. The third-order valence-corrected chi connectivity index (χ3v) is 10.5. The lowest BCUT2D eigenvalue weighted by atomic mass is 9.88. The molecular weight excluding hydrogens is 651 g/mol. The van der Waals surface area contributed by atoms with Crippen LogP contribution >= 0.6 is 0 Å². The average molecular weight is 698 g/mol. The number of carbonyl (C=O) groups excluding carboxylic acids is 1. The number of likely N-dealkylation sites (N-methyl/N-ethyl adjacent to an activating group) is 1. The summed E-state index contributed by atoms with van der Waals surface area (Å²) in [6.45, 7) is 9.78. The Morgan fingerprint density at radius 1 is 1.16 bits per heavy atom. The van der Waals surface area contributed by atoms with Crippen LogP contribution in [0.1, 0.15) is 79.5 Å². The lowest BCUT2D eigenvalue weighted by Gasteiger charge is -2.33. The molecule has 270 valence electrons. The number of fused-ring (bicyclic) bond motifs is 2. The summed E-state index contributed by atoms with van der Waals surface area (Å²) in [6, 6.07) is 1.89. The first-order valence-corrected chi connectivity index (χ1v) is 17.4. The number of carbonyl (C=O) groups is 1. The van der Waals surface area contributed by atoms with E-state index in [2.05, 4.69) is 38.9 Å². The SMILES string of the molecule is Cc1cc(N)ncc1C(F)(F)F.Cc1noc(/C=C/C(=O)N2CCC(N(C)c3nc(OCC45CCCN4CCC5)nc4c3CC(C)CC4)C2)n1. The number of rotatable bonds is 7. The third-order valence-electron chi connectivity index (χ3n) is 10.5. The molecule has 2 unspecified atom stereocenters. The molecule has 0 aromatic carbocycles. The van der Waals surface area contributed by atoms with Crippen molar-refractivity contribution in [3.8, 4) is 6.01 Å². The van der Waals surface area contributed by atoms with Crippen molar-refractivity contribution in [1.29, 1.82) is 0 Å². The van der Waals surface area contributed by atoms with E-state index in [4.69, 9.17) is 25.0 Å². The van der Waals surface area contributed by atoms with Crippen LogP contribution in [0.25, 0.3) is 6.08 Å². The van der Waals surface area contributed by atoms with Crippen molar-refractivity contribution < 1.29 is 27.2 Å². The minimum Gasteiger partial charge on any atom is -0.461 e. The van der Waals surface area contributed by atoms with Crippen molar-refractivity contribution in [1.82, 2.24) is 34.9 Å². The molecular formula is C35H46F3N9O3. The van der Waals surface area contributed by atoms with Crippen LogP contribution in [0.15, 0.2) is 22.9 Å². The number of likely N-dealkylation sites (tertiary alicyclic amines) is 1. The minimum atomic E-state index is -4.34. The molecule has 0 radical (unpaired) electrons. The quantitative estimate of drug-likeness (QED) is 0.332. The molecule has 12 nitrogen and oxygen atoms in total. The van der Waals surface area contributed by atoms with Crippen molar-refractivity contribution >= 4 is 23.6 Å². The van der Waals surface area contributed by atoms with Gasteiger partial charge in [0.2, 0.25) is 5.91 Å². The zero-order valence-electron chi connectivity index (χ0n) is 29.2. The number of hydrogen-bond acceptors (Lipinski definition) is 11. The number of aromatic nitrogens is 5. The van der Waals surface area contributed by atoms with Crippen LogP contribution in [0.3, 0.4) is 0 Å². The Labute approximate surface area is 290 Å². The number of nitrogen functional groups attached to an aromatic ring is 1. The number of amides is 1. The van der Waals surface area contributed by atoms with Crippen molar-refractivity contribution in [2.75, 3.05) is 50.5 Å². The Morgan fingerprint density at radius 2 is 1.92 bits per heavy atom. The van der Waals surface area contributed by atoms with E-state index in [-0.39, 0.29) is 28.9 Å². The topological polar surface area (TPSA) is 140 Å². The van der Waals surface area contributed by atoms with Crippen molar-refractivity contribution in [2.24, 2.45) is 5.92 Å². The molecule has 0 saturated carbocycles. The molecule has 0 bridgehead atoms. The molecule has 1 amide bonds. The van der Waals surface area contributed by atoms with E-state index in [0.717, 1.165) is 43.4 Å². The highest BCUT2D eigenvalue weighted by Gasteiger charge is 2.45. The fraction of sp³-hybridized carbons (Fsp3) is 0.600. The fourth-order valence-corrected chi connectivity index (χ4v) is 7.70. The molecule has 7 rings (SSSR count). The van der Waals surface area contributed by atoms with Crippen LogP contribution in [-0.2, 0) is 23.8 Å². The molecule has 4 aliphatic rings. The van der Waals surface area contributed by atoms with Gasteiger partial charge in [0.15, 0.2) is 5.82 Å². The lowest BCUT2D eigenvalue weighted by Crippen LogP contribution is -2.43. The van der Waals surface area contributed by atoms with Gasteiger partial charge >= 0.3 is 12.2 Å². The molecule has 3 aromatic rings. The highest BCUT2D eigenvalue weighted by atomic mass is 19.4. The van der Waals surface area contributed by atoms with E-state index in [9.17, 15) is 18.0 Å². The van der Waals surface area contributed by atoms with E-state index < -0.39 is 11.7 Å². The number of nitrogens with two attached hydrogens (primary N) is 1. The van der Waals surface area contributed by atoms with Crippen molar-refractivity contribution in [2.45, 2.75) is 89.9 Å². The van der Waals surface area contributed by atoms with Gasteiger partial charge in [-0.05, 0) is 95.9 Å². The predicted molar refractivity (Wildman–Crippen MR) is 181 cm³/mol. The zero-order chi connectivity index (χ0) is 35.6. The number of alkyl halides is 3. The Hall–Kier alpha value is -4.27. The van der Waals surface area contributed by atoms with Crippen LogP contribution in [-0.4, -0.2) is 92.2 Å². The van der Waals surface area contributed by atoms with Gasteiger partial charge in [-0.15, -0.1) is 0 Å². The highest BCUT2D eigenvalue weighted by molar-refractivity contribution is 5.91. The first kappa shape index (κ1) is 35.6. The highest BCUT2D eigenvalue weighted by Crippen LogP contribution is 2.40. The molecule has 15 heteroatoms. The maximum Gasteiger partial charge on any atom is 0.418 e. The molecule has 3 aromatic heterocycles. The lowest BCUT2D eigenvalue weighted by molar-refractivity contribution is -0.138. The summed E-state index contributed by atoms with van der Waals surface area (Å²) < 4.78 is 47.8.